The van der Waals surface area contributed by atoms with Gasteiger partial charge in [-0.25, -0.2) is 0 Å². The number of carbonyl (C=O) groups excluding carboxylic acids is 1. The lowest BCUT2D eigenvalue weighted by molar-refractivity contribution is -0.113. The molecule has 3 aromatic heterocycles. The van der Waals surface area contributed by atoms with Gasteiger partial charge in [0, 0.05) is 24.5 Å². The third-order valence-corrected chi connectivity index (χ3v) is 4.48. The van der Waals surface area contributed by atoms with Crippen LogP contribution in [0.2, 0.25) is 0 Å². The Bertz CT molecular complexity index is 773. The molecule has 1 N–H and O–H groups in total. The molecule has 8 nitrogen and oxygen atoms in total. The van der Waals surface area contributed by atoms with Gasteiger partial charge >= 0.3 is 0 Å². The average Bonchev–Trinajstić information content (AvgIpc) is 3.22. The maximum Gasteiger partial charge on any atom is 0.236 e. The first-order valence-corrected chi connectivity index (χ1v) is 8.67. The fraction of sp³-hybridized carbons (Fsp3) is 0.231. The Morgan fingerprint density at radius 3 is 2.83 bits per heavy atom. The summed E-state index contributed by atoms with van der Waals surface area (Å²) in [5, 5.41) is 19.7. The summed E-state index contributed by atoms with van der Waals surface area (Å²) in [4.78, 5) is 15.9. The van der Waals surface area contributed by atoms with E-state index in [2.05, 4.69) is 30.7 Å². The van der Waals surface area contributed by atoms with Gasteiger partial charge in [-0.15, -0.1) is 20.4 Å². The first kappa shape index (κ1) is 15.6. The van der Waals surface area contributed by atoms with Gasteiger partial charge in [-0.1, -0.05) is 23.1 Å². The third kappa shape index (κ3) is 3.71. The lowest BCUT2D eigenvalue weighted by atomic mass is 10.2. The predicted octanol–water partition coefficient (Wildman–Crippen LogP) is 1.94. The Morgan fingerprint density at radius 1 is 1.30 bits per heavy atom. The van der Waals surface area contributed by atoms with Crippen molar-refractivity contribution in [1.29, 1.82) is 0 Å². The van der Waals surface area contributed by atoms with Crippen molar-refractivity contribution in [3.8, 4) is 11.4 Å². The molecule has 0 saturated carbocycles. The van der Waals surface area contributed by atoms with Gasteiger partial charge < -0.3 is 4.57 Å². The number of nitrogens with zero attached hydrogens (tertiary/aromatic N) is 6. The van der Waals surface area contributed by atoms with Gasteiger partial charge in [-0.3, -0.25) is 15.1 Å². The van der Waals surface area contributed by atoms with Gasteiger partial charge in [0.25, 0.3) is 0 Å². The standard InChI is InChI=1S/C13H13N7OS2/c1-2-20-11(9-3-5-14-6-4-9)17-19-13(20)22-7-10(21)16-12-18-15-8-23-12/h3-6,8H,2,7H2,1H3,(H,16,18,21). The molecule has 3 heterocycles. The molecule has 1 amide bonds. The van der Waals surface area contributed by atoms with Crippen LogP contribution in [0.4, 0.5) is 5.13 Å². The van der Waals surface area contributed by atoms with Crippen LogP contribution in [-0.2, 0) is 11.3 Å². The van der Waals surface area contributed by atoms with Crippen LogP contribution < -0.4 is 5.32 Å². The zero-order valence-corrected chi connectivity index (χ0v) is 13.8. The summed E-state index contributed by atoms with van der Waals surface area (Å²) >= 11 is 2.61. The first-order chi connectivity index (χ1) is 11.3. The van der Waals surface area contributed by atoms with Crippen LogP contribution in [-0.4, -0.2) is 41.6 Å². The van der Waals surface area contributed by atoms with Gasteiger partial charge in [0.05, 0.1) is 5.75 Å². The van der Waals surface area contributed by atoms with E-state index in [-0.39, 0.29) is 11.7 Å². The van der Waals surface area contributed by atoms with Gasteiger partial charge in [0.1, 0.15) is 5.51 Å². The molecule has 0 atom stereocenters. The fourth-order valence-electron chi connectivity index (χ4n) is 1.91. The van der Waals surface area contributed by atoms with Gasteiger partial charge in [-0.2, -0.15) is 0 Å². The highest BCUT2D eigenvalue weighted by Gasteiger charge is 2.14. The Labute approximate surface area is 140 Å². The third-order valence-electron chi connectivity index (χ3n) is 2.91. The maximum atomic E-state index is 11.9. The smallest absolute Gasteiger partial charge is 0.236 e. The molecule has 0 aliphatic heterocycles. The average molecular weight is 347 g/mol. The van der Waals surface area contributed by atoms with E-state index in [1.807, 2.05) is 23.6 Å². The second kappa shape index (κ2) is 7.29. The van der Waals surface area contributed by atoms with Crippen molar-refractivity contribution < 1.29 is 4.79 Å². The number of rotatable bonds is 6. The van der Waals surface area contributed by atoms with E-state index in [1.54, 1.807) is 17.9 Å². The summed E-state index contributed by atoms with van der Waals surface area (Å²) in [7, 11) is 0. The molecule has 0 spiro atoms. The summed E-state index contributed by atoms with van der Waals surface area (Å²) in [6, 6.07) is 3.76. The first-order valence-electron chi connectivity index (χ1n) is 6.80. The molecule has 0 aliphatic rings. The molecule has 0 unspecified atom stereocenters. The lowest BCUT2D eigenvalue weighted by Gasteiger charge is -2.06. The highest BCUT2D eigenvalue weighted by atomic mass is 32.2. The lowest BCUT2D eigenvalue weighted by Crippen LogP contribution is -2.14. The highest BCUT2D eigenvalue weighted by Crippen LogP contribution is 2.23. The molecule has 3 aromatic rings. The van der Waals surface area contributed by atoms with Gasteiger partial charge in [-0.05, 0) is 19.1 Å². The second-order valence-corrected chi connectivity index (χ2v) is 6.14. The van der Waals surface area contributed by atoms with Crippen LogP contribution in [0.5, 0.6) is 0 Å². The van der Waals surface area contributed by atoms with E-state index in [0.29, 0.717) is 16.8 Å². The molecule has 0 bridgehead atoms. The SMILES string of the molecule is CCn1c(SCC(=O)Nc2nncs2)nnc1-c1ccncc1. The summed E-state index contributed by atoms with van der Waals surface area (Å²) in [5.41, 5.74) is 2.51. The van der Waals surface area contributed by atoms with Crippen LogP contribution in [0.3, 0.4) is 0 Å². The molecule has 0 fully saturated rings. The highest BCUT2D eigenvalue weighted by molar-refractivity contribution is 7.99. The Morgan fingerprint density at radius 2 is 2.13 bits per heavy atom. The number of hydrogen-bond acceptors (Lipinski definition) is 8. The normalized spacial score (nSPS) is 10.7. The summed E-state index contributed by atoms with van der Waals surface area (Å²) < 4.78 is 1.97. The van der Waals surface area contributed by atoms with Crippen LogP contribution in [0.1, 0.15) is 6.92 Å². The molecule has 0 aromatic carbocycles. The van der Waals surface area contributed by atoms with E-state index >= 15 is 0 Å². The number of anilines is 1. The largest absolute Gasteiger partial charge is 0.302 e. The number of pyridine rings is 1. The summed E-state index contributed by atoms with van der Waals surface area (Å²) in [6.45, 7) is 2.73. The topological polar surface area (TPSA) is 98.5 Å². The van der Waals surface area contributed by atoms with E-state index < -0.39 is 0 Å². The maximum absolute atomic E-state index is 11.9. The zero-order chi connectivity index (χ0) is 16.1. The minimum atomic E-state index is -0.150. The molecule has 10 heteroatoms. The molecule has 0 saturated heterocycles. The van der Waals surface area contributed by atoms with Crippen LogP contribution in [0.25, 0.3) is 11.4 Å². The second-order valence-electron chi connectivity index (χ2n) is 4.37. The minimum Gasteiger partial charge on any atom is -0.302 e. The van der Waals surface area contributed by atoms with Crippen molar-refractivity contribution >= 4 is 34.1 Å². The van der Waals surface area contributed by atoms with Gasteiger partial charge in [0.15, 0.2) is 11.0 Å². The summed E-state index contributed by atoms with van der Waals surface area (Å²) in [6.07, 6.45) is 3.43. The molecular formula is C13H13N7OS2. The number of carbonyl (C=O) groups is 1. The minimum absolute atomic E-state index is 0.150. The van der Waals surface area contributed by atoms with Crippen molar-refractivity contribution in [3.05, 3.63) is 30.0 Å². The van der Waals surface area contributed by atoms with Crippen LogP contribution in [0.15, 0.2) is 35.2 Å². The Balaban J connectivity index is 1.69. The van der Waals surface area contributed by atoms with Crippen molar-refractivity contribution in [2.75, 3.05) is 11.1 Å². The molecule has 0 aliphatic carbocycles. The number of aromatic nitrogens is 6. The zero-order valence-electron chi connectivity index (χ0n) is 12.2. The predicted molar refractivity (Wildman–Crippen MR) is 88.2 cm³/mol. The number of hydrogen-bond donors (Lipinski definition) is 1. The number of nitrogens with one attached hydrogen (secondary N) is 1. The van der Waals surface area contributed by atoms with E-state index in [1.165, 1.54) is 23.1 Å². The van der Waals surface area contributed by atoms with E-state index in [4.69, 9.17) is 0 Å². The molecule has 3 rings (SSSR count). The number of amides is 1. The molecule has 23 heavy (non-hydrogen) atoms. The van der Waals surface area contributed by atoms with Crippen molar-refractivity contribution in [2.45, 2.75) is 18.6 Å². The molecular weight excluding hydrogens is 334 g/mol. The van der Waals surface area contributed by atoms with Crippen LogP contribution in [0, 0.1) is 0 Å². The van der Waals surface area contributed by atoms with Gasteiger partial charge in [0.2, 0.25) is 11.0 Å². The van der Waals surface area contributed by atoms with E-state index in [0.717, 1.165) is 11.4 Å². The van der Waals surface area contributed by atoms with Crippen LogP contribution >= 0.6 is 23.1 Å². The Hall–Kier alpha value is -2.33. The van der Waals surface area contributed by atoms with Crippen molar-refractivity contribution in [3.63, 3.8) is 0 Å². The summed E-state index contributed by atoms with van der Waals surface area (Å²) in [5.74, 6) is 0.846. The fourth-order valence-corrected chi connectivity index (χ4v) is 3.17. The van der Waals surface area contributed by atoms with Crippen molar-refractivity contribution in [1.82, 2.24) is 29.9 Å². The molecule has 0 radical (unpaired) electrons. The molecule has 118 valence electrons. The monoisotopic (exact) mass is 347 g/mol. The van der Waals surface area contributed by atoms with Crippen molar-refractivity contribution in [2.24, 2.45) is 0 Å². The number of thioether (sulfide) groups is 1. The van der Waals surface area contributed by atoms with E-state index in [9.17, 15) is 4.79 Å². The quantitative estimate of drug-likeness (QED) is 0.680. The Kier molecular flexibility index (Phi) is 4.93.